The van der Waals surface area contributed by atoms with Crippen LogP contribution in [0.25, 0.3) is 15.9 Å². The highest BCUT2D eigenvalue weighted by Gasteiger charge is 2.36. The summed E-state index contributed by atoms with van der Waals surface area (Å²) >= 11 is 0. The minimum Gasteiger partial charge on any atom is -0.478 e. The quantitative estimate of drug-likeness (QED) is 0.201. The van der Waals surface area contributed by atoms with Crippen molar-refractivity contribution >= 4 is 22.7 Å². The van der Waals surface area contributed by atoms with Crippen molar-refractivity contribution in [3.63, 3.8) is 0 Å². The van der Waals surface area contributed by atoms with E-state index in [-0.39, 0.29) is 42.0 Å². The topological polar surface area (TPSA) is 103 Å². The Hall–Kier alpha value is -4.37. The average molecular weight is 614 g/mol. The number of hydrogen-bond acceptors (Lipinski definition) is 7. The van der Waals surface area contributed by atoms with Crippen LogP contribution in [0.4, 0.5) is 10.1 Å². The van der Waals surface area contributed by atoms with Crippen LogP contribution >= 0.6 is 0 Å². The van der Waals surface area contributed by atoms with E-state index in [0.717, 1.165) is 55.0 Å². The van der Waals surface area contributed by atoms with Crippen LogP contribution in [0.5, 0.6) is 5.88 Å². The molecule has 2 aromatic carbocycles. The number of ether oxygens (including phenoxy) is 3. The number of carbonyl (C=O) groups is 1. The number of hydrogen-bond donors (Lipinski definition) is 1. The summed E-state index contributed by atoms with van der Waals surface area (Å²) in [7, 11) is 1.71. The van der Waals surface area contributed by atoms with Gasteiger partial charge >= 0.3 is 5.97 Å². The zero-order chi connectivity index (χ0) is 31.5. The van der Waals surface area contributed by atoms with E-state index < -0.39 is 11.8 Å². The second-order valence-electron chi connectivity index (χ2n) is 11.7. The summed E-state index contributed by atoms with van der Waals surface area (Å²) < 4.78 is 33.8. The number of aromatic carboxylic acids is 1. The zero-order valence-corrected chi connectivity index (χ0v) is 25.4. The highest BCUT2D eigenvalue weighted by Crippen LogP contribution is 2.37. The monoisotopic (exact) mass is 613 g/mol. The fourth-order valence-corrected chi connectivity index (χ4v) is 6.38. The SMILES string of the molecule is [C-]#[N+]c1ccc(COc2cccc(C3CCN(C(C)c4nc5ccc(C(=O)O)cc5n4C[C@@H]4CCO4)[C@@H](COC)C3)n2)c(F)c1. The van der Waals surface area contributed by atoms with Gasteiger partial charge in [-0.3, -0.25) is 4.90 Å². The Morgan fingerprint density at radius 2 is 2.04 bits per heavy atom. The third-order valence-corrected chi connectivity index (χ3v) is 8.90. The highest BCUT2D eigenvalue weighted by molar-refractivity contribution is 5.92. The first-order valence-electron chi connectivity index (χ1n) is 15.2. The lowest BCUT2D eigenvalue weighted by atomic mass is 9.87. The first-order chi connectivity index (χ1) is 21.8. The molecule has 45 heavy (non-hydrogen) atoms. The number of benzene rings is 2. The maximum atomic E-state index is 14.4. The van der Waals surface area contributed by atoms with Crippen molar-refractivity contribution in [1.29, 1.82) is 0 Å². The number of rotatable bonds is 11. The van der Waals surface area contributed by atoms with Crippen LogP contribution in [0.1, 0.15) is 65.6 Å². The number of piperidine rings is 1. The van der Waals surface area contributed by atoms with Gasteiger partial charge in [0.25, 0.3) is 0 Å². The maximum Gasteiger partial charge on any atom is 0.335 e. The molecule has 0 radical (unpaired) electrons. The Bertz CT molecular complexity index is 1730. The number of carboxylic acids is 1. The Morgan fingerprint density at radius 1 is 1.20 bits per heavy atom. The molecule has 1 N–H and O–H groups in total. The average Bonchev–Trinajstić information content (AvgIpc) is 3.39. The molecule has 0 amide bonds. The molecule has 2 fully saturated rings. The lowest BCUT2D eigenvalue weighted by Gasteiger charge is -2.42. The van der Waals surface area contributed by atoms with E-state index in [2.05, 4.69) is 21.2 Å². The summed E-state index contributed by atoms with van der Waals surface area (Å²) in [5.74, 6) is 0.0411. The van der Waals surface area contributed by atoms with Crippen LogP contribution in [0, 0.1) is 12.4 Å². The summed E-state index contributed by atoms with van der Waals surface area (Å²) in [6.07, 6.45) is 2.72. The Balaban J connectivity index is 1.20. The minimum absolute atomic E-state index is 0.0175. The molecule has 2 saturated heterocycles. The van der Waals surface area contributed by atoms with Crippen LogP contribution < -0.4 is 4.74 Å². The first kappa shape index (κ1) is 30.6. The molecule has 6 rings (SSSR count). The molecule has 2 aliphatic rings. The van der Waals surface area contributed by atoms with E-state index in [1.165, 1.54) is 6.07 Å². The van der Waals surface area contributed by atoms with E-state index in [4.69, 9.17) is 30.8 Å². The van der Waals surface area contributed by atoms with Gasteiger partial charge in [-0.2, -0.15) is 0 Å². The van der Waals surface area contributed by atoms with Crippen molar-refractivity contribution in [2.24, 2.45) is 0 Å². The number of halogens is 1. The summed E-state index contributed by atoms with van der Waals surface area (Å²) in [5.41, 5.74) is 3.33. The van der Waals surface area contributed by atoms with E-state index in [0.29, 0.717) is 24.6 Å². The molecule has 0 saturated carbocycles. The molecule has 2 unspecified atom stereocenters. The predicted octanol–water partition coefficient (Wildman–Crippen LogP) is 6.14. The smallest absolute Gasteiger partial charge is 0.335 e. The van der Waals surface area contributed by atoms with Crippen molar-refractivity contribution in [3.8, 4) is 5.88 Å². The van der Waals surface area contributed by atoms with Gasteiger partial charge in [0.05, 0.1) is 48.5 Å². The van der Waals surface area contributed by atoms with Gasteiger partial charge in [0.2, 0.25) is 5.88 Å². The molecular formula is C34H36FN5O5. The second-order valence-corrected chi connectivity index (χ2v) is 11.7. The third-order valence-electron chi connectivity index (χ3n) is 8.90. The highest BCUT2D eigenvalue weighted by atomic mass is 19.1. The van der Waals surface area contributed by atoms with Crippen molar-refractivity contribution in [1.82, 2.24) is 19.4 Å². The number of pyridine rings is 1. The van der Waals surface area contributed by atoms with E-state index in [1.807, 2.05) is 12.1 Å². The number of nitrogens with zero attached hydrogens (tertiary/aromatic N) is 5. The molecule has 2 aliphatic heterocycles. The summed E-state index contributed by atoms with van der Waals surface area (Å²) in [6, 6.07) is 15.2. The molecule has 11 heteroatoms. The Morgan fingerprint density at radius 3 is 2.76 bits per heavy atom. The van der Waals surface area contributed by atoms with Crippen molar-refractivity contribution in [2.75, 3.05) is 26.9 Å². The molecule has 4 heterocycles. The number of carboxylic acid groups (broad SMARTS) is 1. The molecule has 4 aromatic rings. The van der Waals surface area contributed by atoms with Crippen LogP contribution in [0.2, 0.25) is 0 Å². The summed E-state index contributed by atoms with van der Waals surface area (Å²) in [5, 5.41) is 9.62. The van der Waals surface area contributed by atoms with Crippen LogP contribution in [0.15, 0.2) is 54.6 Å². The van der Waals surface area contributed by atoms with Gasteiger partial charge in [0.1, 0.15) is 18.2 Å². The van der Waals surface area contributed by atoms with E-state index >= 15 is 0 Å². The molecule has 2 aromatic heterocycles. The molecule has 0 bridgehead atoms. The molecule has 0 spiro atoms. The number of methoxy groups -OCH3 is 1. The van der Waals surface area contributed by atoms with Crippen LogP contribution in [-0.2, 0) is 22.6 Å². The lowest BCUT2D eigenvalue weighted by molar-refractivity contribution is -0.0597. The van der Waals surface area contributed by atoms with E-state index in [9.17, 15) is 14.3 Å². The molecule has 0 aliphatic carbocycles. The van der Waals surface area contributed by atoms with Gasteiger partial charge < -0.3 is 23.9 Å². The standard InChI is InChI=1S/C34H36FN5O5/c1-21(33-38-30-10-8-23(34(41)42)16-31(30)40(33)18-27-12-14-44-27)39-13-11-22(15-26(39)20-43-3)29-5-4-6-32(37-29)45-19-24-7-9-25(36-2)17-28(24)35/h4-10,16-17,21-22,26-27H,11-15,18-20H2,1,3H3,(H,41,42)/t21?,22?,26-,27+/m1/s1. The summed E-state index contributed by atoms with van der Waals surface area (Å²) in [6.45, 7) is 11.9. The minimum atomic E-state index is -0.966. The van der Waals surface area contributed by atoms with Gasteiger partial charge in [0.15, 0.2) is 5.69 Å². The molecule has 10 nitrogen and oxygen atoms in total. The lowest BCUT2D eigenvalue weighted by Crippen LogP contribution is -2.46. The zero-order valence-electron chi connectivity index (χ0n) is 25.4. The molecule has 234 valence electrons. The molecular weight excluding hydrogens is 577 g/mol. The van der Waals surface area contributed by atoms with Crippen LogP contribution in [0.3, 0.4) is 0 Å². The van der Waals surface area contributed by atoms with E-state index in [1.54, 1.807) is 43.5 Å². The van der Waals surface area contributed by atoms with Crippen molar-refractivity contribution in [2.45, 2.75) is 63.4 Å². The van der Waals surface area contributed by atoms with Gasteiger partial charge in [-0.25, -0.2) is 24.0 Å². The second kappa shape index (κ2) is 13.3. The number of likely N-dealkylation sites (tertiary alicyclic amines) is 1. The third kappa shape index (κ3) is 6.54. The van der Waals surface area contributed by atoms with Gasteiger partial charge in [-0.15, -0.1) is 0 Å². The maximum absolute atomic E-state index is 14.4. The fourth-order valence-electron chi connectivity index (χ4n) is 6.38. The Labute approximate surface area is 261 Å². The largest absolute Gasteiger partial charge is 0.478 e. The normalized spacial score (nSPS) is 20.8. The van der Waals surface area contributed by atoms with Gasteiger partial charge in [-0.05, 0) is 63.1 Å². The molecule has 4 atom stereocenters. The first-order valence-corrected chi connectivity index (χ1v) is 15.2. The van der Waals surface area contributed by atoms with Gasteiger partial charge in [0, 0.05) is 43.0 Å². The number of aromatic nitrogens is 3. The fraction of sp³-hybridized carbons (Fsp3) is 0.412. The number of imidazole rings is 1. The van der Waals surface area contributed by atoms with Crippen molar-refractivity contribution < 1.29 is 28.5 Å². The van der Waals surface area contributed by atoms with Gasteiger partial charge in [-0.1, -0.05) is 18.2 Å². The number of fused-ring (bicyclic) bond motifs is 1. The summed E-state index contributed by atoms with van der Waals surface area (Å²) in [4.78, 5) is 27.2. The Kier molecular flexibility index (Phi) is 9.07. The van der Waals surface area contributed by atoms with Crippen LogP contribution in [-0.4, -0.2) is 69.5 Å². The van der Waals surface area contributed by atoms with Crippen molar-refractivity contribution in [3.05, 3.63) is 94.5 Å². The predicted molar refractivity (Wildman–Crippen MR) is 165 cm³/mol.